The minimum Gasteiger partial charge on any atom is -0.458 e. The normalized spacial score (nSPS) is 18.2. The average Bonchev–Trinajstić information content (AvgIpc) is 3.17. The van der Waals surface area contributed by atoms with Crippen LogP contribution < -0.4 is 0 Å². The molecule has 1 atom stereocenters. The Hall–Kier alpha value is -3.15. The van der Waals surface area contributed by atoms with E-state index in [-0.39, 0.29) is 23.0 Å². The molecule has 0 unspecified atom stereocenters. The highest BCUT2D eigenvalue weighted by atomic mass is 19.4. The number of aliphatic imine (C=N–C) groups is 1. The van der Waals surface area contributed by atoms with Crippen LogP contribution >= 0.6 is 0 Å². The molecule has 0 bridgehead atoms. The lowest BCUT2D eigenvalue weighted by atomic mass is 9.70. The molecule has 0 radical (unpaired) electrons. The molecule has 1 aliphatic rings. The minimum atomic E-state index is -4.46. The highest BCUT2D eigenvalue weighted by Gasteiger charge is 2.54. The first kappa shape index (κ1) is 22.1. The van der Waals surface area contributed by atoms with Gasteiger partial charge < -0.3 is 4.74 Å². The first-order valence-electron chi connectivity index (χ1n) is 10.5. The molecule has 1 aliphatic heterocycles. The van der Waals surface area contributed by atoms with E-state index < -0.39 is 17.3 Å². The Morgan fingerprint density at radius 2 is 1.34 bits per heavy atom. The molecule has 0 saturated carbocycles. The Labute approximate surface area is 186 Å². The maximum absolute atomic E-state index is 13.2. The smallest absolute Gasteiger partial charge is 0.418 e. The molecule has 2 aromatic carbocycles. The van der Waals surface area contributed by atoms with Crippen LogP contribution in [0.5, 0.6) is 0 Å². The van der Waals surface area contributed by atoms with Gasteiger partial charge in [-0.1, -0.05) is 81.4 Å². The lowest BCUT2D eigenvalue weighted by Gasteiger charge is -2.40. The van der Waals surface area contributed by atoms with Crippen molar-refractivity contribution < 1.29 is 17.9 Å². The van der Waals surface area contributed by atoms with E-state index in [9.17, 15) is 13.2 Å². The molecule has 0 fully saturated rings. The largest absolute Gasteiger partial charge is 0.458 e. The molecule has 2 heterocycles. The number of ether oxygens (including phenoxy) is 1. The van der Waals surface area contributed by atoms with Crippen LogP contribution in [-0.2, 0) is 16.5 Å². The zero-order valence-electron chi connectivity index (χ0n) is 18.4. The zero-order valence-corrected chi connectivity index (χ0v) is 18.4. The summed E-state index contributed by atoms with van der Waals surface area (Å²) in [5.74, 6) is 0.245. The third-order valence-electron chi connectivity index (χ3n) is 5.73. The second-order valence-electron chi connectivity index (χ2n) is 9.10. The van der Waals surface area contributed by atoms with Crippen molar-refractivity contribution in [2.75, 3.05) is 0 Å². The maximum atomic E-state index is 13.2. The van der Waals surface area contributed by atoms with Crippen LogP contribution in [-0.4, -0.2) is 16.9 Å². The molecule has 0 amide bonds. The third kappa shape index (κ3) is 3.78. The SMILES string of the molecule is Cc1nc(C2=N[C@@H](C(C)(C)C)C(c3ccccc3)(c3ccccc3)O2)ccc1C(F)(F)F. The lowest BCUT2D eigenvalue weighted by molar-refractivity contribution is -0.138. The monoisotopic (exact) mass is 438 g/mol. The van der Waals surface area contributed by atoms with Crippen molar-refractivity contribution in [3.63, 3.8) is 0 Å². The number of aromatic nitrogens is 1. The number of nitrogens with zero attached hydrogens (tertiary/aromatic N) is 2. The molecule has 0 spiro atoms. The summed E-state index contributed by atoms with van der Waals surface area (Å²) in [6.07, 6.45) is -4.46. The van der Waals surface area contributed by atoms with Crippen LogP contribution in [0, 0.1) is 12.3 Å². The van der Waals surface area contributed by atoms with Crippen molar-refractivity contribution in [3.05, 3.63) is 101 Å². The summed E-state index contributed by atoms with van der Waals surface area (Å²) >= 11 is 0. The van der Waals surface area contributed by atoms with Crippen molar-refractivity contribution >= 4 is 5.90 Å². The van der Waals surface area contributed by atoms with Gasteiger partial charge in [-0.25, -0.2) is 9.98 Å². The number of benzene rings is 2. The molecular weight excluding hydrogens is 413 g/mol. The van der Waals surface area contributed by atoms with Crippen molar-refractivity contribution in [1.29, 1.82) is 0 Å². The van der Waals surface area contributed by atoms with Gasteiger partial charge in [-0.05, 0) is 24.5 Å². The van der Waals surface area contributed by atoms with E-state index in [2.05, 4.69) is 25.8 Å². The topological polar surface area (TPSA) is 34.5 Å². The molecule has 32 heavy (non-hydrogen) atoms. The fraction of sp³-hybridized carbons (Fsp3) is 0.308. The van der Waals surface area contributed by atoms with E-state index in [1.54, 1.807) is 0 Å². The summed E-state index contributed by atoms with van der Waals surface area (Å²) in [6, 6.07) is 21.7. The molecule has 0 aliphatic carbocycles. The Kier molecular flexibility index (Phi) is 5.35. The standard InChI is InChI=1S/C26H25F3N2O/c1-17-20(26(27,28)29)15-16-21(30-17)22-31-23(24(2,3)4)25(32-22,18-11-7-5-8-12-18)19-13-9-6-10-14-19/h5-16,23H,1-4H3/t23-/m0/s1. The fourth-order valence-electron chi connectivity index (χ4n) is 4.32. The second kappa shape index (κ2) is 7.76. The molecule has 6 heteroatoms. The number of pyridine rings is 1. The summed E-state index contributed by atoms with van der Waals surface area (Å²) in [5.41, 5.74) is 0.0265. The molecule has 3 nitrogen and oxygen atoms in total. The summed E-state index contributed by atoms with van der Waals surface area (Å²) in [5, 5.41) is 0. The maximum Gasteiger partial charge on any atom is 0.418 e. The number of aryl methyl sites for hydroxylation is 1. The highest BCUT2D eigenvalue weighted by Crippen LogP contribution is 2.49. The van der Waals surface area contributed by atoms with Gasteiger partial charge in [0, 0.05) is 11.1 Å². The lowest BCUT2D eigenvalue weighted by Crippen LogP contribution is -2.45. The van der Waals surface area contributed by atoms with Crippen molar-refractivity contribution in [2.24, 2.45) is 10.4 Å². The van der Waals surface area contributed by atoms with Crippen LogP contribution in [0.3, 0.4) is 0 Å². The van der Waals surface area contributed by atoms with Crippen molar-refractivity contribution in [1.82, 2.24) is 4.98 Å². The molecule has 4 rings (SSSR count). The Morgan fingerprint density at radius 1 is 0.812 bits per heavy atom. The molecule has 0 N–H and O–H groups in total. The van der Waals surface area contributed by atoms with Crippen LogP contribution in [0.2, 0.25) is 0 Å². The number of halogens is 3. The van der Waals surface area contributed by atoms with Crippen molar-refractivity contribution in [2.45, 2.75) is 45.5 Å². The summed E-state index contributed by atoms with van der Waals surface area (Å²) in [6.45, 7) is 7.60. The van der Waals surface area contributed by atoms with Gasteiger partial charge in [-0.2, -0.15) is 13.2 Å². The first-order valence-corrected chi connectivity index (χ1v) is 10.5. The molecule has 0 saturated heterocycles. The predicted octanol–water partition coefficient (Wildman–Crippen LogP) is 6.54. The van der Waals surface area contributed by atoms with Gasteiger partial charge in [-0.15, -0.1) is 0 Å². The average molecular weight is 438 g/mol. The van der Waals surface area contributed by atoms with Gasteiger partial charge in [0.05, 0.1) is 11.3 Å². The van der Waals surface area contributed by atoms with E-state index in [1.165, 1.54) is 13.0 Å². The summed E-state index contributed by atoms with van der Waals surface area (Å²) < 4.78 is 46.4. The summed E-state index contributed by atoms with van der Waals surface area (Å²) in [4.78, 5) is 9.13. The number of alkyl halides is 3. The fourth-order valence-corrected chi connectivity index (χ4v) is 4.32. The van der Waals surface area contributed by atoms with E-state index in [1.807, 2.05) is 60.7 Å². The molecule has 166 valence electrons. The van der Waals surface area contributed by atoms with Crippen molar-refractivity contribution in [3.8, 4) is 0 Å². The van der Waals surface area contributed by atoms with E-state index >= 15 is 0 Å². The zero-order chi connectivity index (χ0) is 23.1. The minimum absolute atomic E-state index is 0.106. The van der Waals surface area contributed by atoms with Crippen LogP contribution in [0.4, 0.5) is 13.2 Å². The van der Waals surface area contributed by atoms with Gasteiger partial charge in [0.2, 0.25) is 5.90 Å². The third-order valence-corrected chi connectivity index (χ3v) is 5.73. The quantitative estimate of drug-likeness (QED) is 0.465. The van der Waals surface area contributed by atoms with Crippen LogP contribution in [0.1, 0.15) is 48.8 Å². The van der Waals surface area contributed by atoms with Gasteiger partial charge in [0.25, 0.3) is 0 Å². The second-order valence-corrected chi connectivity index (χ2v) is 9.10. The number of hydrogen-bond acceptors (Lipinski definition) is 3. The molecule has 3 aromatic rings. The van der Waals surface area contributed by atoms with Crippen LogP contribution in [0.15, 0.2) is 77.8 Å². The van der Waals surface area contributed by atoms with E-state index in [4.69, 9.17) is 9.73 Å². The van der Waals surface area contributed by atoms with Crippen LogP contribution in [0.25, 0.3) is 0 Å². The molecular formula is C26H25F3N2O. The van der Waals surface area contributed by atoms with Gasteiger partial charge in [0.1, 0.15) is 11.7 Å². The van der Waals surface area contributed by atoms with Gasteiger partial charge >= 0.3 is 6.18 Å². The highest BCUT2D eigenvalue weighted by molar-refractivity contribution is 5.94. The van der Waals surface area contributed by atoms with E-state index in [0.29, 0.717) is 5.69 Å². The number of hydrogen-bond donors (Lipinski definition) is 0. The Balaban J connectivity index is 1.90. The predicted molar refractivity (Wildman–Crippen MR) is 119 cm³/mol. The first-order chi connectivity index (χ1) is 15.0. The Bertz CT molecular complexity index is 1090. The van der Waals surface area contributed by atoms with Gasteiger partial charge in [0.15, 0.2) is 5.60 Å². The molecule has 1 aromatic heterocycles. The summed E-state index contributed by atoms with van der Waals surface area (Å²) in [7, 11) is 0. The van der Waals surface area contributed by atoms with E-state index in [0.717, 1.165) is 17.2 Å². The Morgan fingerprint density at radius 3 is 1.78 bits per heavy atom. The van der Waals surface area contributed by atoms with Gasteiger partial charge in [-0.3, -0.25) is 0 Å². The number of rotatable bonds is 3.